The molecule has 1 atom stereocenters. The molecular weight excluding hydrogens is 259 g/mol. The molecule has 1 aliphatic rings. The molecule has 1 unspecified atom stereocenters. The minimum atomic E-state index is -0.712. The summed E-state index contributed by atoms with van der Waals surface area (Å²) in [4.78, 5) is 17.2. The van der Waals surface area contributed by atoms with Crippen LogP contribution in [0.5, 0.6) is 0 Å². The number of aliphatic carboxylic acids is 1. The summed E-state index contributed by atoms with van der Waals surface area (Å²) in [6.07, 6.45) is 4.25. The van der Waals surface area contributed by atoms with E-state index in [0.717, 1.165) is 38.0 Å². The molecule has 5 heteroatoms. The van der Waals surface area contributed by atoms with Crippen LogP contribution in [0, 0.1) is 11.7 Å². The predicted octanol–water partition coefficient (Wildman–Crippen LogP) is 2.86. The van der Waals surface area contributed by atoms with Gasteiger partial charge in [-0.1, -0.05) is 6.92 Å². The molecule has 1 aromatic rings. The highest BCUT2D eigenvalue weighted by Crippen LogP contribution is 2.29. The van der Waals surface area contributed by atoms with Crippen molar-refractivity contribution >= 4 is 5.97 Å². The van der Waals surface area contributed by atoms with Crippen molar-refractivity contribution < 1.29 is 14.3 Å². The monoisotopic (exact) mass is 280 g/mol. The highest BCUT2D eigenvalue weighted by Gasteiger charge is 2.26. The van der Waals surface area contributed by atoms with Crippen molar-refractivity contribution in [1.29, 1.82) is 0 Å². The molecule has 1 aliphatic heterocycles. The van der Waals surface area contributed by atoms with Crippen LogP contribution in [0.2, 0.25) is 0 Å². The van der Waals surface area contributed by atoms with Crippen molar-refractivity contribution in [2.24, 2.45) is 5.92 Å². The maximum absolute atomic E-state index is 12.9. The number of hydrogen-bond donors (Lipinski definition) is 1. The number of carbonyl (C=O) groups is 1. The number of carboxylic acid groups (broad SMARTS) is 1. The number of pyridine rings is 1. The van der Waals surface area contributed by atoms with Crippen LogP contribution in [0.1, 0.15) is 44.3 Å². The molecule has 0 amide bonds. The molecule has 110 valence electrons. The standard InChI is InChI=1S/C15H21FN2O2/c1-2-14(13-4-3-12(16)10-17-13)18-7-5-11(6-8-18)9-15(19)20/h3-4,10-11,14H,2,5-9H2,1H3,(H,19,20). The van der Waals surface area contributed by atoms with E-state index in [1.807, 2.05) is 0 Å². The van der Waals surface area contributed by atoms with Crippen LogP contribution in [-0.4, -0.2) is 34.0 Å². The van der Waals surface area contributed by atoms with Gasteiger partial charge in [-0.25, -0.2) is 4.39 Å². The zero-order valence-electron chi connectivity index (χ0n) is 11.8. The first-order chi connectivity index (χ1) is 9.60. The fourth-order valence-electron chi connectivity index (χ4n) is 2.95. The van der Waals surface area contributed by atoms with E-state index in [-0.39, 0.29) is 24.2 Å². The molecule has 0 aromatic carbocycles. The average molecular weight is 280 g/mol. The van der Waals surface area contributed by atoms with Crippen LogP contribution in [0.3, 0.4) is 0 Å². The summed E-state index contributed by atoms with van der Waals surface area (Å²) in [6.45, 7) is 3.87. The summed E-state index contributed by atoms with van der Waals surface area (Å²) < 4.78 is 12.9. The maximum atomic E-state index is 12.9. The van der Waals surface area contributed by atoms with Gasteiger partial charge in [0.15, 0.2) is 0 Å². The fraction of sp³-hybridized carbons (Fsp3) is 0.600. The van der Waals surface area contributed by atoms with Gasteiger partial charge in [0.2, 0.25) is 0 Å². The Kier molecular flexibility index (Phi) is 5.06. The van der Waals surface area contributed by atoms with E-state index in [4.69, 9.17) is 5.11 Å². The van der Waals surface area contributed by atoms with Crippen molar-refractivity contribution in [3.63, 3.8) is 0 Å². The second kappa shape index (κ2) is 6.79. The van der Waals surface area contributed by atoms with Gasteiger partial charge in [-0.05, 0) is 50.4 Å². The zero-order chi connectivity index (χ0) is 14.5. The summed E-state index contributed by atoms with van der Waals surface area (Å²) in [6, 6.07) is 3.39. The minimum Gasteiger partial charge on any atom is -0.481 e. The first kappa shape index (κ1) is 14.9. The smallest absolute Gasteiger partial charge is 0.303 e. The number of piperidine rings is 1. The number of hydrogen-bond acceptors (Lipinski definition) is 3. The lowest BCUT2D eigenvalue weighted by Gasteiger charge is -2.36. The van der Waals surface area contributed by atoms with Gasteiger partial charge < -0.3 is 5.11 Å². The molecular formula is C15H21FN2O2. The van der Waals surface area contributed by atoms with Gasteiger partial charge in [-0.2, -0.15) is 0 Å². The van der Waals surface area contributed by atoms with E-state index in [1.54, 1.807) is 6.07 Å². The summed E-state index contributed by atoms with van der Waals surface area (Å²) >= 11 is 0. The zero-order valence-corrected chi connectivity index (χ0v) is 11.8. The third kappa shape index (κ3) is 3.76. The molecule has 20 heavy (non-hydrogen) atoms. The number of nitrogens with zero attached hydrogens (tertiary/aromatic N) is 2. The Hall–Kier alpha value is -1.49. The Morgan fingerprint density at radius 3 is 2.70 bits per heavy atom. The minimum absolute atomic E-state index is 0.196. The molecule has 1 N–H and O–H groups in total. The van der Waals surface area contributed by atoms with E-state index < -0.39 is 5.97 Å². The molecule has 0 spiro atoms. The number of rotatable bonds is 5. The fourth-order valence-corrected chi connectivity index (χ4v) is 2.95. The molecule has 0 bridgehead atoms. The van der Waals surface area contributed by atoms with Gasteiger partial charge in [-0.15, -0.1) is 0 Å². The van der Waals surface area contributed by atoms with Crippen LogP contribution in [-0.2, 0) is 4.79 Å². The second-order valence-electron chi connectivity index (χ2n) is 5.40. The summed E-state index contributed by atoms with van der Waals surface area (Å²) in [7, 11) is 0. The Morgan fingerprint density at radius 2 is 2.20 bits per heavy atom. The van der Waals surface area contributed by atoms with Crippen molar-refractivity contribution in [2.75, 3.05) is 13.1 Å². The van der Waals surface area contributed by atoms with Gasteiger partial charge in [0.25, 0.3) is 0 Å². The molecule has 1 aromatic heterocycles. The Balaban J connectivity index is 1.96. The third-order valence-electron chi connectivity index (χ3n) is 4.03. The molecule has 1 fully saturated rings. The first-order valence-corrected chi connectivity index (χ1v) is 7.17. The van der Waals surface area contributed by atoms with Gasteiger partial charge in [-0.3, -0.25) is 14.7 Å². The van der Waals surface area contributed by atoms with Crippen LogP contribution in [0.25, 0.3) is 0 Å². The van der Waals surface area contributed by atoms with Crippen molar-refractivity contribution in [1.82, 2.24) is 9.88 Å². The summed E-state index contributed by atoms with van der Waals surface area (Å²) in [5, 5.41) is 8.83. The summed E-state index contributed by atoms with van der Waals surface area (Å²) in [5.41, 5.74) is 0.894. The van der Waals surface area contributed by atoms with Gasteiger partial charge >= 0.3 is 5.97 Å². The SMILES string of the molecule is CCC(c1ccc(F)cn1)N1CCC(CC(=O)O)CC1. The van der Waals surface area contributed by atoms with Crippen LogP contribution < -0.4 is 0 Å². The highest BCUT2D eigenvalue weighted by atomic mass is 19.1. The van der Waals surface area contributed by atoms with Crippen LogP contribution in [0.15, 0.2) is 18.3 Å². The Bertz CT molecular complexity index is 442. The lowest BCUT2D eigenvalue weighted by Crippen LogP contribution is -2.37. The van der Waals surface area contributed by atoms with E-state index in [0.29, 0.717) is 0 Å². The van der Waals surface area contributed by atoms with Gasteiger partial charge in [0.05, 0.1) is 17.9 Å². The van der Waals surface area contributed by atoms with E-state index in [2.05, 4.69) is 16.8 Å². The van der Waals surface area contributed by atoms with E-state index in [9.17, 15) is 9.18 Å². The lowest BCUT2D eigenvalue weighted by atomic mass is 9.92. The van der Waals surface area contributed by atoms with Crippen LogP contribution in [0.4, 0.5) is 4.39 Å². The van der Waals surface area contributed by atoms with Crippen molar-refractivity contribution in [2.45, 2.75) is 38.6 Å². The van der Waals surface area contributed by atoms with Gasteiger partial charge in [0.1, 0.15) is 5.82 Å². The molecule has 2 rings (SSSR count). The Morgan fingerprint density at radius 1 is 1.50 bits per heavy atom. The summed E-state index contributed by atoms with van der Waals surface area (Å²) in [5.74, 6) is -0.748. The molecule has 4 nitrogen and oxygen atoms in total. The average Bonchev–Trinajstić information content (AvgIpc) is 2.43. The van der Waals surface area contributed by atoms with Crippen molar-refractivity contribution in [3.05, 3.63) is 29.8 Å². The van der Waals surface area contributed by atoms with Crippen LogP contribution >= 0.6 is 0 Å². The highest BCUT2D eigenvalue weighted by molar-refractivity contribution is 5.67. The first-order valence-electron chi connectivity index (χ1n) is 7.17. The number of carboxylic acids is 1. The second-order valence-corrected chi connectivity index (χ2v) is 5.40. The lowest BCUT2D eigenvalue weighted by molar-refractivity contribution is -0.138. The molecule has 0 radical (unpaired) electrons. The topological polar surface area (TPSA) is 53.4 Å². The maximum Gasteiger partial charge on any atom is 0.303 e. The number of likely N-dealkylation sites (tertiary alicyclic amines) is 1. The molecule has 0 saturated carbocycles. The molecule has 2 heterocycles. The predicted molar refractivity (Wildman–Crippen MR) is 73.8 cm³/mol. The molecule has 1 saturated heterocycles. The third-order valence-corrected chi connectivity index (χ3v) is 4.03. The number of halogens is 1. The quantitative estimate of drug-likeness (QED) is 0.901. The van der Waals surface area contributed by atoms with Crippen molar-refractivity contribution in [3.8, 4) is 0 Å². The number of aromatic nitrogens is 1. The van der Waals surface area contributed by atoms with E-state index >= 15 is 0 Å². The largest absolute Gasteiger partial charge is 0.481 e. The van der Waals surface area contributed by atoms with E-state index in [1.165, 1.54) is 12.3 Å². The molecule has 0 aliphatic carbocycles. The van der Waals surface area contributed by atoms with Gasteiger partial charge in [0, 0.05) is 6.42 Å². The normalized spacial score (nSPS) is 18.9. The Labute approximate surface area is 118 Å².